The Hall–Kier alpha value is -0.620. The number of rotatable bonds is 1. The molecule has 2 atom stereocenters. The molecular weight excluding hydrogens is 228 g/mol. The minimum atomic E-state index is -2.96. The number of piperazine rings is 1. The molecule has 0 aromatic rings. The van der Waals surface area contributed by atoms with Crippen LogP contribution >= 0.6 is 0 Å². The molecule has 0 radical (unpaired) electrons. The van der Waals surface area contributed by atoms with Gasteiger partial charge in [0.25, 0.3) is 0 Å². The van der Waals surface area contributed by atoms with Gasteiger partial charge < -0.3 is 10.2 Å². The van der Waals surface area contributed by atoms with Crippen LogP contribution in [0.1, 0.15) is 13.3 Å². The van der Waals surface area contributed by atoms with Gasteiger partial charge in [-0.25, -0.2) is 8.42 Å². The van der Waals surface area contributed by atoms with Crippen LogP contribution in [0.15, 0.2) is 0 Å². The first kappa shape index (κ1) is 11.9. The average Bonchev–Trinajstić information content (AvgIpc) is 2.59. The summed E-state index contributed by atoms with van der Waals surface area (Å²) in [6, 6.07) is 0.171. The van der Waals surface area contributed by atoms with Gasteiger partial charge in [0, 0.05) is 25.7 Å². The predicted molar refractivity (Wildman–Crippen MR) is 60.8 cm³/mol. The number of carbonyl (C=O) groups is 1. The highest BCUT2D eigenvalue weighted by atomic mass is 32.2. The lowest BCUT2D eigenvalue weighted by atomic mass is 10.1. The van der Waals surface area contributed by atoms with Crippen molar-refractivity contribution in [2.75, 3.05) is 31.1 Å². The van der Waals surface area contributed by atoms with Crippen molar-refractivity contribution in [1.29, 1.82) is 0 Å². The summed E-state index contributed by atoms with van der Waals surface area (Å²) >= 11 is 0. The van der Waals surface area contributed by atoms with E-state index in [0.717, 1.165) is 13.1 Å². The van der Waals surface area contributed by atoms with Crippen LogP contribution < -0.4 is 5.32 Å². The third kappa shape index (κ3) is 2.38. The molecule has 92 valence electrons. The Bertz CT molecular complexity index is 380. The average molecular weight is 246 g/mol. The number of sulfone groups is 1. The lowest BCUT2D eigenvalue weighted by Crippen LogP contribution is -2.54. The second-order valence-electron chi connectivity index (χ2n) is 4.68. The minimum Gasteiger partial charge on any atom is -0.337 e. The highest BCUT2D eigenvalue weighted by Gasteiger charge is 2.37. The number of carbonyl (C=O) groups excluding carboxylic acids is 1. The highest BCUT2D eigenvalue weighted by Crippen LogP contribution is 2.22. The van der Waals surface area contributed by atoms with Gasteiger partial charge in [0.1, 0.15) is 0 Å². The van der Waals surface area contributed by atoms with Crippen molar-refractivity contribution in [3.05, 3.63) is 0 Å². The minimum absolute atomic E-state index is 0.0232. The van der Waals surface area contributed by atoms with E-state index in [0.29, 0.717) is 13.0 Å². The molecule has 5 nitrogen and oxygen atoms in total. The lowest BCUT2D eigenvalue weighted by Gasteiger charge is -2.35. The maximum Gasteiger partial charge on any atom is 0.227 e. The van der Waals surface area contributed by atoms with E-state index in [9.17, 15) is 13.2 Å². The van der Waals surface area contributed by atoms with E-state index < -0.39 is 9.84 Å². The standard InChI is InChI=1S/C10H18N2O3S/c1-8-6-11-3-4-12(8)10(13)9-2-5-16(14,15)7-9/h8-9,11H,2-7H2,1H3. The van der Waals surface area contributed by atoms with Crippen LogP contribution in [-0.4, -0.2) is 56.4 Å². The molecule has 2 rings (SSSR count). The zero-order valence-electron chi connectivity index (χ0n) is 9.48. The monoisotopic (exact) mass is 246 g/mol. The second-order valence-corrected chi connectivity index (χ2v) is 6.91. The van der Waals surface area contributed by atoms with Gasteiger partial charge in [-0.3, -0.25) is 4.79 Å². The molecule has 16 heavy (non-hydrogen) atoms. The molecule has 0 aromatic carbocycles. The van der Waals surface area contributed by atoms with Gasteiger partial charge in [0.05, 0.1) is 17.4 Å². The van der Waals surface area contributed by atoms with Crippen LogP contribution in [0, 0.1) is 5.92 Å². The molecule has 2 unspecified atom stereocenters. The first-order valence-corrected chi connectivity index (χ1v) is 7.53. The summed E-state index contributed by atoms with van der Waals surface area (Å²) in [7, 11) is -2.96. The molecular formula is C10H18N2O3S. The van der Waals surface area contributed by atoms with Gasteiger partial charge in [0.15, 0.2) is 9.84 Å². The number of hydrogen-bond donors (Lipinski definition) is 1. The van der Waals surface area contributed by atoms with E-state index in [1.165, 1.54) is 0 Å². The first-order chi connectivity index (χ1) is 7.49. The maximum absolute atomic E-state index is 12.1. The van der Waals surface area contributed by atoms with Crippen molar-refractivity contribution >= 4 is 15.7 Å². The fourth-order valence-electron chi connectivity index (χ4n) is 2.39. The number of nitrogens with one attached hydrogen (secondary N) is 1. The Morgan fingerprint density at radius 1 is 1.44 bits per heavy atom. The molecule has 0 saturated carbocycles. The maximum atomic E-state index is 12.1. The number of amides is 1. The van der Waals surface area contributed by atoms with Crippen molar-refractivity contribution in [3.8, 4) is 0 Å². The van der Waals surface area contributed by atoms with Gasteiger partial charge in [-0.05, 0) is 13.3 Å². The van der Waals surface area contributed by atoms with Gasteiger partial charge >= 0.3 is 0 Å². The number of nitrogens with zero attached hydrogens (tertiary/aromatic N) is 1. The Labute approximate surface area is 96.1 Å². The predicted octanol–water partition coefficient (Wildman–Crippen LogP) is -0.759. The molecule has 1 amide bonds. The van der Waals surface area contributed by atoms with Gasteiger partial charge in [-0.1, -0.05) is 0 Å². The van der Waals surface area contributed by atoms with E-state index in [1.807, 2.05) is 11.8 Å². The zero-order valence-corrected chi connectivity index (χ0v) is 10.3. The Kier molecular flexibility index (Phi) is 3.21. The van der Waals surface area contributed by atoms with Crippen LogP contribution in [0.2, 0.25) is 0 Å². The molecule has 2 aliphatic heterocycles. The third-order valence-electron chi connectivity index (χ3n) is 3.37. The molecule has 2 heterocycles. The summed E-state index contributed by atoms with van der Waals surface area (Å²) in [6.07, 6.45) is 0.498. The van der Waals surface area contributed by atoms with Crippen LogP contribution in [0.25, 0.3) is 0 Å². The van der Waals surface area contributed by atoms with E-state index in [-0.39, 0.29) is 29.4 Å². The molecule has 0 bridgehead atoms. The summed E-state index contributed by atoms with van der Waals surface area (Å²) in [4.78, 5) is 14.0. The Balaban J connectivity index is 2.02. The second kappa shape index (κ2) is 4.33. The van der Waals surface area contributed by atoms with Gasteiger partial charge in [-0.15, -0.1) is 0 Å². The fraction of sp³-hybridized carbons (Fsp3) is 0.900. The lowest BCUT2D eigenvalue weighted by molar-refractivity contribution is -0.137. The quantitative estimate of drug-likeness (QED) is 0.660. The molecule has 2 aliphatic rings. The molecule has 6 heteroatoms. The summed E-state index contributed by atoms with van der Waals surface area (Å²) in [5.74, 6) is -0.0626. The SMILES string of the molecule is CC1CNCCN1C(=O)C1CCS(=O)(=O)C1. The Morgan fingerprint density at radius 3 is 2.75 bits per heavy atom. The van der Waals surface area contributed by atoms with Crippen molar-refractivity contribution in [3.63, 3.8) is 0 Å². The third-order valence-corrected chi connectivity index (χ3v) is 5.13. The fourth-order valence-corrected chi connectivity index (χ4v) is 4.13. The van der Waals surface area contributed by atoms with Crippen molar-refractivity contribution < 1.29 is 13.2 Å². The molecule has 0 aliphatic carbocycles. The summed E-state index contributed by atoms with van der Waals surface area (Å²) in [5, 5.41) is 3.21. The zero-order chi connectivity index (χ0) is 11.8. The molecule has 0 spiro atoms. The molecule has 1 N–H and O–H groups in total. The van der Waals surface area contributed by atoms with Crippen molar-refractivity contribution in [2.45, 2.75) is 19.4 Å². The molecule has 0 aromatic heterocycles. The van der Waals surface area contributed by atoms with E-state index in [4.69, 9.17) is 0 Å². The van der Waals surface area contributed by atoms with Gasteiger partial charge in [0.2, 0.25) is 5.91 Å². The van der Waals surface area contributed by atoms with Crippen LogP contribution in [0.5, 0.6) is 0 Å². The first-order valence-electron chi connectivity index (χ1n) is 5.71. The highest BCUT2D eigenvalue weighted by molar-refractivity contribution is 7.91. The molecule has 2 saturated heterocycles. The van der Waals surface area contributed by atoms with Crippen molar-refractivity contribution in [2.24, 2.45) is 5.92 Å². The van der Waals surface area contributed by atoms with E-state index in [2.05, 4.69) is 5.32 Å². The summed E-state index contributed by atoms with van der Waals surface area (Å²) in [6.45, 7) is 4.28. The van der Waals surface area contributed by atoms with Crippen LogP contribution in [0.4, 0.5) is 0 Å². The smallest absolute Gasteiger partial charge is 0.227 e. The largest absolute Gasteiger partial charge is 0.337 e. The van der Waals surface area contributed by atoms with Crippen molar-refractivity contribution in [1.82, 2.24) is 10.2 Å². The van der Waals surface area contributed by atoms with Gasteiger partial charge in [-0.2, -0.15) is 0 Å². The topological polar surface area (TPSA) is 66.5 Å². The molecule has 2 fully saturated rings. The van der Waals surface area contributed by atoms with Crippen LogP contribution in [0.3, 0.4) is 0 Å². The summed E-state index contributed by atoms with van der Waals surface area (Å²) < 4.78 is 22.7. The van der Waals surface area contributed by atoms with Crippen LogP contribution in [-0.2, 0) is 14.6 Å². The van der Waals surface area contributed by atoms with E-state index >= 15 is 0 Å². The number of hydrogen-bond acceptors (Lipinski definition) is 4. The Morgan fingerprint density at radius 2 is 2.19 bits per heavy atom. The summed E-state index contributed by atoms with van der Waals surface area (Å²) in [5.41, 5.74) is 0. The van der Waals surface area contributed by atoms with E-state index in [1.54, 1.807) is 0 Å². The normalized spacial score (nSPS) is 33.9.